The van der Waals surface area contributed by atoms with E-state index in [9.17, 15) is 13.2 Å². The molecule has 0 atom stereocenters. The summed E-state index contributed by atoms with van der Waals surface area (Å²) in [6.07, 6.45) is -4.46. The third-order valence-corrected chi connectivity index (χ3v) is 2.28. The number of alkyl halides is 3. The first kappa shape index (κ1) is 11.7. The molecule has 0 saturated carbocycles. The van der Waals surface area contributed by atoms with Crippen molar-refractivity contribution < 1.29 is 17.9 Å². The predicted octanol–water partition coefficient (Wildman–Crippen LogP) is 3.65. The summed E-state index contributed by atoms with van der Waals surface area (Å²) in [5.74, 6) is -0.362. The van der Waals surface area contributed by atoms with Crippen LogP contribution in [-0.4, -0.2) is 11.6 Å². The van der Waals surface area contributed by atoms with Gasteiger partial charge in [0.15, 0.2) is 0 Å². The highest BCUT2D eigenvalue weighted by atomic mass is 19.4. The minimum absolute atomic E-state index is 0.147. The summed E-state index contributed by atoms with van der Waals surface area (Å²) >= 11 is 0. The van der Waals surface area contributed by atoms with Crippen LogP contribution in [0.2, 0.25) is 0 Å². The molecular formula is C12H10F3NO. The van der Waals surface area contributed by atoms with Crippen LogP contribution >= 0.6 is 0 Å². The summed E-state index contributed by atoms with van der Waals surface area (Å²) < 4.78 is 43.3. The predicted molar refractivity (Wildman–Crippen MR) is 57.9 cm³/mol. The molecule has 1 heterocycles. The molecule has 0 saturated heterocycles. The smallest absolute Gasteiger partial charge is 0.421 e. The zero-order valence-electron chi connectivity index (χ0n) is 9.08. The Morgan fingerprint density at radius 2 is 1.94 bits per heavy atom. The van der Waals surface area contributed by atoms with Crippen LogP contribution in [0.5, 0.6) is 5.88 Å². The Kier molecular flexibility index (Phi) is 2.92. The molecule has 0 aliphatic carbocycles. The van der Waals surface area contributed by atoms with Gasteiger partial charge in [0, 0.05) is 5.39 Å². The Labute approximate surface area is 96.0 Å². The first-order valence-corrected chi connectivity index (χ1v) is 5.12. The molecule has 0 aliphatic heterocycles. The minimum atomic E-state index is -4.46. The van der Waals surface area contributed by atoms with E-state index >= 15 is 0 Å². The second kappa shape index (κ2) is 4.24. The number of fused-ring (bicyclic) bond motifs is 1. The highest BCUT2D eigenvalue weighted by Gasteiger charge is 2.35. The molecule has 0 unspecified atom stereocenters. The molecule has 1 aromatic heterocycles. The molecule has 2 aromatic rings. The molecular weight excluding hydrogens is 231 g/mol. The third-order valence-electron chi connectivity index (χ3n) is 2.28. The topological polar surface area (TPSA) is 22.1 Å². The lowest BCUT2D eigenvalue weighted by Crippen LogP contribution is -2.10. The Balaban J connectivity index is 2.66. The zero-order chi connectivity index (χ0) is 12.5. The number of hydrogen-bond donors (Lipinski definition) is 0. The molecule has 5 heteroatoms. The molecule has 0 bridgehead atoms. The molecule has 17 heavy (non-hydrogen) atoms. The summed E-state index contributed by atoms with van der Waals surface area (Å²) in [7, 11) is 0. The van der Waals surface area contributed by atoms with E-state index < -0.39 is 11.7 Å². The Hall–Kier alpha value is -1.78. The Bertz CT molecular complexity index is 537. The second-order valence-corrected chi connectivity index (χ2v) is 3.46. The van der Waals surface area contributed by atoms with Crippen molar-refractivity contribution in [3.63, 3.8) is 0 Å². The lowest BCUT2D eigenvalue weighted by molar-refractivity contribution is -0.139. The van der Waals surface area contributed by atoms with E-state index in [0.29, 0.717) is 10.9 Å². The van der Waals surface area contributed by atoms with Crippen molar-refractivity contribution in [2.75, 3.05) is 6.61 Å². The fourth-order valence-electron chi connectivity index (χ4n) is 1.55. The number of para-hydroxylation sites is 1. The van der Waals surface area contributed by atoms with Gasteiger partial charge in [-0.3, -0.25) is 0 Å². The largest absolute Gasteiger partial charge is 0.478 e. The van der Waals surface area contributed by atoms with Crippen molar-refractivity contribution >= 4 is 10.9 Å². The van der Waals surface area contributed by atoms with E-state index in [0.717, 1.165) is 6.07 Å². The van der Waals surface area contributed by atoms with Crippen LogP contribution in [0.4, 0.5) is 13.2 Å². The number of nitrogens with zero attached hydrogens (tertiary/aromatic N) is 1. The fraction of sp³-hybridized carbons (Fsp3) is 0.250. The Morgan fingerprint density at radius 3 is 2.59 bits per heavy atom. The molecule has 0 spiro atoms. The standard InChI is InChI=1S/C12H10F3NO/c1-2-17-11-9(12(13,14)15)7-8-5-3-4-6-10(8)16-11/h3-7H,2H2,1H3. The maximum absolute atomic E-state index is 12.8. The van der Waals surface area contributed by atoms with Crippen LogP contribution in [0.1, 0.15) is 12.5 Å². The van der Waals surface area contributed by atoms with Gasteiger partial charge >= 0.3 is 6.18 Å². The molecule has 2 nitrogen and oxygen atoms in total. The van der Waals surface area contributed by atoms with Gasteiger partial charge in [0.2, 0.25) is 5.88 Å². The maximum atomic E-state index is 12.8. The lowest BCUT2D eigenvalue weighted by Gasteiger charge is -2.13. The summed E-state index contributed by atoms with van der Waals surface area (Å²) in [6.45, 7) is 1.77. The quantitative estimate of drug-likeness (QED) is 0.800. The van der Waals surface area contributed by atoms with Crippen LogP contribution in [0.15, 0.2) is 30.3 Å². The monoisotopic (exact) mass is 241 g/mol. The highest BCUT2D eigenvalue weighted by molar-refractivity contribution is 5.80. The number of benzene rings is 1. The van der Waals surface area contributed by atoms with Crippen LogP contribution < -0.4 is 4.74 Å². The van der Waals surface area contributed by atoms with Crippen molar-refractivity contribution in [2.45, 2.75) is 13.1 Å². The summed E-state index contributed by atoms with van der Waals surface area (Å²) in [4.78, 5) is 3.89. The number of pyridine rings is 1. The zero-order valence-corrected chi connectivity index (χ0v) is 9.08. The van der Waals surface area contributed by atoms with E-state index in [1.165, 1.54) is 0 Å². The van der Waals surface area contributed by atoms with Crippen molar-refractivity contribution in [3.8, 4) is 5.88 Å². The van der Waals surface area contributed by atoms with Crippen LogP contribution in [0.25, 0.3) is 10.9 Å². The van der Waals surface area contributed by atoms with Crippen LogP contribution in [0, 0.1) is 0 Å². The van der Waals surface area contributed by atoms with Gasteiger partial charge in [-0.15, -0.1) is 0 Å². The number of rotatable bonds is 2. The van der Waals surface area contributed by atoms with E-state index in [4.69, 9.17) is 4.74 Å². The molecule has 0 amide bonds. The van der Waals surface area contributed by atoms with Crippen LogP contribution in [-0.2, 0) is 6.18 Å². The molecule has 0 aliphatic rings. The van der Waals surface area contributed by atoms with E-state index in [1.54, 1.807) is 31.2 Å². The average Bonchev–Trinajstić information content (AvgIpc) is 2.27. The first-order chi connectivity index (χ1) is 8.02. The van der Waals surface area contributed by atoms with E-state index in [1.807, 2.05) is 0 Å². The molecule has 2 rings (SSSR count). The SMILES string of the molecule is CCOc1nc2ccccc2cc1C(F)(F)F. The van der Waals surface area contributed by atoms with Crippen LogP contribution in [0.3, 0.4) is 0 Å². The molecule has 0 radical (unpaired) electrons. The molecule has 1 aromatic carbocycles. The fourth-order valence-corrected chi connectivity index (χ4v) is 1.55. The normalized spacial score (nSPS) is 11.8. The van der Waals surface area contributed by atoms with E-state index in [-0.39, 0.29) is 12.5 Å². The van der Waals surface area contributed by atoms with Gasteiger partial charge in [-0.25, -0.2) is 4.98 Å². The second-order valence-electron chi connectivity index (χ2n) is 3.46. The number of halogens is 3. The number of ether oxygens (including phenoxy) is 1. The average molecular weight is 241 g/mol. The highest BCUT2D eigenvalue weighted by Crippen LogP contribution is 2.36. The third kappa shape index (κ3) is 2.33. The van der Waals surface area contributed by atoms with Crippen molar-refractivity contribution in [1.29, 1.82) is 0 Å². The molecule has 90 valence electrons. The summed E-state index contributed by atoms with van der Waals surface area (Å²) in [5.41, 5.74) is -0.345. The van der Waals surface area contributed by atoms with Crippen molar-refractivity contribution in [1.82, 2.24) is 4.98 Å². The van der Waals surface area contributed by atoms with Gasteiger partial charge in [-0.05, 0) is 19.1 Å². The van der Waals surface area contributed by atoms with Crippen molar-refractivity contribution in [3.05, 3.63) is 35.9 Å². The molecule has 0 fully saturated rings. The van der Waals surface area contributed by atoms with Crippen molar-refractivity contribution in [2.24, 2.45) is 0 Å². The number of aromatic nitrogens is 1. The van der Waals surface area contributed by atoms with Gasteiger partial charge in [-0.2, -0.15) is 13.2 Å². The summed E-state index contributed by atoms with van der Waals surface area (Å²) in [5, 5.41) is 0.447. The minimum Gasteiger partial charge on any atom is -0.478 e. The van der Waals surface area contributed by atoms with Gasteiger partial charge in [-0.1, -0.05) is 18.2 Å². The maximum Gasteiger partial charge on any atom is 0.421 e. The van der Waals surface area contributed by atoms with E-state index in [2.05, 4.69) is 4.98 Å². The summed E-state index contributed by atoms with van der Waals surface area (Å²) in [6, 6.07) is 7.70. The lowest BCUT2D eigenvalue weighted by atomic mass is 10.1. The van der Waals surface area contributed by atoms with Gasteiger partial charge in [0.25, 0.3) is 0 Å². The number of hydrogen-bond acceptors (Lipinski definition) is 2. The van der Waals surface area contributed by atoms with Gasteiger partial charge in [0.05, 0.1) is 12.1 Å². The Morgan fingerprint density at radius 1 is 1.24 bits per heavy atom. The van der Waals surface area contributed by atoms with Gasteiger partial charge < -0.3 is 4.74 Å². The molecule has 0 N–H and O–H groups in total. The van der Waals surface area contributed by atoms with Gasteiger partial charge in [0.1, 0.15) is 5.56 Å². The first-order valence-electron chi connectivity index (χ1n) is 5.12.